The van der Waals surface area contributed by atoms with Crippen LogP contribution < -0.4 is 0 Å². The van der Waals surface area contributed by atoms with Crippen LogP contribution in [0.1, 0.15) is 41.9 Å². The average Bonchev–Trinajstić information content (AvgIpc) is 2.72. The lowest BCUT2D eigenvalue weighted by Gasteiger charge is -2.41. The van der Waals surface area contributed by atoms with Crippen LogP contribution in [0.2, 0.25) is 0 Å². The summed E-state index contributed by atoms with van der Waals surface area (Å²) in [7, 11) is 3.68. The average molecular weight is 287 g/mol. The van der Waals surface area contributed by atoms with Crippen molar-refractivity contribution in [2.75, 3.05) is 14.2 Å². The first kappa shape index (κ1) is 14.6. The minimum atomic E-state index is -0.0459. The van der Waals surface area contributed by atoms with E-state index >= 15 is 0 Å². The van der Waals surface area contributed by atoms with Crippen molar-refractivity contribution in [2.45, 2.75) is 51.1 Å². The molecule has 3 rings (SSSR count). The molecule has 114 valence electrons. The minimum absolute atomic E-state index is 0.0270. The number of fused-ring (bicyclic) bond motifs is 2. The largest absolute Gasteiger partial charge is 0.469 e. The number of piperidine rings is 1. The maximum Gasteiger partial charge on any atom is 0.310 e. The van der Waals surface area contributed by atoms with Gasteiger partial charge in [0, 0.05) is 18.0 Å². The molecule has 0 aliphatic carbocycles. The lowest BCUT2D eigenvalue weighted by atomic mass is 9.75. The van der Waals surface area contributed by atoms with Crippen LogP contribution in [-0.2, 0) is 9.53 Å². The van der Waals surface area contributed by atoms with Crippen LogP contribution in [0.25, 0.3) is 0 Å². The summed E-state index contributed by atoms with van der Waals surface area (Å²) in [6.45, 7) is 4.28. The topological polar surface area (TPSA) is 29.5 Å². The molecule has 2 aliphatic heterocycles. The van der Waals surface area contributed by atoms with Gasteiger partial charge in [-0.25, -0.2) is 0 Å². The fourth-order valence-electron chi connectivity index (χ4n) is 4.26. The first-order valence-corrected chi connectivity index (χ1v) is 7.90. The predicted octanol–water partition coefficient (Wildman–Crippen LogP) is 3.04. The van der Waals surface area contributed by atoms with Crippen LogP contribution in [0.15, 0.2) is 18.2 Å². The van der Waals surface area contributed by atoms with Crippen LogP contribution in [0.5, 0.6) is 0 Å². The molecule has 3 heteroatoms. The van der Waals surface area contributed by atoms with Gasteiger partial charge in [-0.2, -0.15) is 0 Å². The number of hydrogen-bond donors (Lipinski definition) is 0. The van der Waals surface area contributed by atoms with E-state index in [1.807, 2.05) is 0 Å². The number of rotatable bonds is 2. The fourth-order valence-corrected chi connectivity index (χ4v) is 4.26. The summed E-state index contributed by atoms with van der Waals surface area (Å²) in [4.78, 5) is 14.8. The highest BCUT2D eigenvalue weighted by atomic mass is 16.5. The van der Waals surface area contributed by atoms with Gasteiger partial charge in [-0.05, 0) is 56.8 Å². The molecule has 0 aromatic heterocycles. The van der Waals surface area contributed by atoms with Gasteiger partial charge in [-0.3, -0.25) is 9.69 Å². The Labute approximate surface area is 127 Å². The molecule has 0 amide bonds. The molecular weight excluding hydrogens is 262 g/mol. The lowest BCUT2D eigenvalue weighted by molar-refractivity contribution is -0.150. The van der Waals surface area contributed by atoms with Gasteiger partial charge in [0.05, 0.1) is 13.0 Å². The number of nitrogens with zero attached hydrogens (tertiary/aromatic N) is 1. The van der Waals surface area contributed by atoms with Crippen molar-refractivity contribution in [1.82, 2.24) is 4.90 Å². The Balaban J connectivity index is 1.98. The molecule has 0 saturated carbocycles. The number of carbonyl (C=O) groups excluding carboxylic acids is 1. The molecule has 21 heavy (non-hydrogen) atoms. The SMILES string of the molecule is COC(=O)[C@@H]1C2CCC(C[C@@H]1c1ccc(C)c(C)c1)N2C. The van der Waals surface area contributed by atoms with Gasteiger partial charge in [0.1, 0.15) is 0 Å². The van der Waals surface area contributed by atoms with Crippen molar-refractivity contribution in [2.24, 2.45) is 5.92 Å². The van der Waals surface area contributed by atoms with Gasteiger partial charge in [-0.15, -0.1) is 0 Å². The Hall–Kier alpha value is -1.35. The number of esters is 1. The van der Waals surface area contributed by atoms with E-state index < -0.39 is 0 Å². The first-order valence-electron chi connectivity index (χ1n) is 7.90. The standard InChI is InChI=1S/C18H25NO2/c1-11-5-6-13(9-12(11)2)15-10-14-7-8-16(19(14)3)17(15)18(20)21-4/h5-6,9,14-17H,7-8,10H2,1-4H3/t14?,15-,16?,17+/m1/s1. The first-order chi connectivity index (χ1) is 10.0. The number of benzene rings is 1. The Bertz CT molecular complexity index is 554. The van der Waals surface area contributed by atoms with Crippen LogP contribution in [0.4, 0.5) is 0 Å². The minimum Gasteiger partial charge on any atom is -0.469 e. The highest BCUT2D eigenvalue weighted by Crippen LogP contribution is 2.46. The molecule has 0 N–H and O–H groups in total. The monoisotopic (exact) mass is 287 g/mol. The molecule has 1 aromatic carbocycles. The highest BCUT2D eigenvalue weighted by Gasteiger charge is 2.49. The quantitative estimate of drug-likeness (QED) is 0.783. The van der Waals surface area contributed by atoms with Crippen molar-refractivity contribution >= 4 is 5.97 Å². The maximum atomic E-state index is 12.4. The summed E-state index contributed by atoms with van der Waals surface area (Å²) in [5.41, 5.74) is 3.92. The molecule has 1 aromatic rings. The van der Waals surface area contributed by atoms with Crippen molar-refractivity contribution in [1.29, 1.82) is 0 Å². The van der Waals surface area contributed by atoms with Gasteiger partial charge in [0.25, 0.3) is 0 Å². The van der Waals surface area contributed by atoms with Crippen molar-refractivity contribution in [3.63, 3.8) is 0 Å². The molecular formula is C18H25NO2. The Morgan fingerprint density at radius 2 is 2.00 bits per heavy atom. The van der Waals surface area contributed by atoms with E-state index in [1.165, 1.54) is 30.2 Å². The summed E-state index contributed by atoms with van der Waals surface area (Å²) >= 11 is 0. The van der Waals surface area contributed by atoms with Gasteiger partial charge >= 0.3 is 5.97 Å². The highest BCUT2D eigenvalue weighted by molar-refractivity contribution is 5.75. The lowest BCUT2D eigenvalue weighted by Crippen LogP contribution is -2.49. The van der Waals surface area contributed by atoms with E-state index in [9.17, 15) is 4.79 Å². The third kappa shape index (κ3) is 2.38. The zero-order valence-electron chi connectivity index (χ0n) is 13.4. The van der Waals surface area contributed by atoms with Crippen LogP contribution >= 0.6 is 0 Å². The predicted molar refractivity (Wildman–Crippen MR) is 83.4 cm³/mol. The molecule has 2 aliphatic rings. The second-order valence-electron chi connectivity index (χ2n) is 6.70. The van der Waals surface area contributed by atoms with Gasteiger partial charge < -0.3 is 4.74 Å². The summed E-state index contributed by atoms with van der Waals surface area (Å²) in [6.07, 6.45) is 3.38. The summed E-state index contributed by atoms with van der Waals surface area (Å²) in [6, 6.07) is 7.60. The van der Waals surface area contributed by atoms with E-state index in [1.54, 1.807) is 0 Å². The molecule has 0 radical (unpaired) electrons. The summed E-state index contributed by atoms with van der Waals surface area (Å²) in [5.74, 6) is 0.224. The molecule has 2 heterocycles. The van der Waals surface area contributed by atoms with E-state index in [0.29, 0.717) is 18.0 Å². The van der Waals surface area contributed by atoms with E-state index in [4.69, 9.17) is 4.74 Å². The van der Waals surface area contributed by atoms with E-state index in [-0.39, 0.29) is 11.9 Å². The van der Waals surface area contributed by atoms with E-state index in [0.717, 1.165) is 12.8 Å². The second-order valence-corrected chi connectivity index (χ2v) is 6.70. The molecule has 3 nitrogen and oxygen atoms in total. The normalized spacial score (nSPS) is 32.2. The zero-order valence-corrected chi connectivity index (χ0v) is 13.4. The molecule has 2 fully saturated rings. The van der Waals surface area contributed by atoms with Gasteiger partial charge in [0.2, 0.25) is 0 Å². The zero-order chi connectivity index (χ0) is 15.1. The molecule has 2 saturated heterocycles. The van der Waals surface area contributed by atoms with Crippen LogP contribution in [0.3, 0.4) is 0 Å². The molecule has 2 bridgehead atoms. The number of aryl methyl sites for hydroxylation is 2. The number of methoxy groups -OCH3 is 1. The summed E-state index contributed by atoms with van der Waals surface area (Å²) in [5, 5.41) is 0. The maximum absolute atomic E-state index is 12.4. The smallest absolute Gasteiger partial charge is 0.310 e. The van der Waals surface area contributed by atoms with Crippen molar-refractivity contribution in [3.8, 4) is 0 Å². The third-order valence-corrected chi connectivity index (χ3v) is 5.70. The third-order valence-electron chi connectivity index (χ3n) is 5.70. The van der Waals surface area contributed by atoms with Crippen LogP contribution in [-0.4, -0.2) is 37.1 Å². The Morgan fingerprint density at radius 3 is 2.67 bits per heavy atom. The number of hydrogen-bond acceptors (Lipinski definition) is 3. The Morgan fingerprint density at radius 1 is 1.24 bits per heavy atom. The van der Waals surface area contributed by atoms with Crippen molar-refractivity contribution < 1.29 is 9.53 Å². The van der Waals surface area contributed by atoms with Gasteiger partial charge in [-0.1, -0.05) is 18.2 Å². The molecule has 4 atom stereocenters. The number of carbonyl (C=O) groups is 1. The molecule has 0 spiro atoms. The summed E-state index contributed by atoms with van der Waals surface area (Å²) < 4.78 is 5.13. The number of ether oxygens (including phenoxy) is 1. The van der Waals surface area contributed by atoms with E-state index in [2.05, 4.69) is 44.0 Å². The second kappa shape index (κ2) is 5.45. The fraction of sp³-hybridized carbons (Fsp3) is 0.611. The molecule has 2 unspecified atom stereocenters. The van der Waals surface area contributed by atoms with Crippen LogP contribution in [0, 0.1) is 19.8 Å². The van der Waals surface area contributed by atoms with Gasteiger partial charge in [0.15, 0.2) is 0 Å². The Kier molecular flexibility index (Phi) is 3.78. The van der Waals surface area contributed by atoms with Crippen molar-refractivity contribution in [3.05, 3.63) is 34.9 Å².